The van der Waals surface area contributed by atoms with Crippen molar-refractivity contribution < 1.29 is 32.6 Å². The molecular formula is C29H38N4O7S2. The fraction of sp³-hybridized carbons (Fsp3) is 0.483. The minimum atomic E-state index is -4.05. The van der Waals surface area contributed by atoms with Crippen LogP contribution >= 0.6 is 11.3 Å². The van der Waals surface area contributed by atoms with Gasteiger partial charge in [0.25, 0.3) is 0 Å². The monoisotopic (exact) mass is 618 g/mol. The standard InChI is InChI=1S/C29H38N4O7S2/c1-19(2)16-33(42(37,38)23-10-11-24-27(15-23)41-28(30-24)32(4)20(3)34)17-26(35)25(14-21-8-6-5-7-9-21)31-29(36)40-22-12-13-39-18-22/h5-11,15,19,22,25-26,35H,12-14,16-18H2,1-4H3,(H,31,36)/t22?,25-,26+/m0/s1. The van der Waals surface area contributed by atoms with E-state index in [9.17, 15) is 23.1 Å². The molecule has 1 saturated heterocycles. The van der Waals surface area contributed by atoms with Gasteiger partial charge in [-0.05, 0) is 36.1 Å². The van der Waals surface area contributed by atoms with Gasteiger partial charge >= 0.3 is 6.09 Å². The molecule has 13 heteroatoms. The van der Waals surface area contributed by atoms with Crippen molar-refractivity contribution in [3.8, 4) is 0 Å². The molecule has 2 heterocycles. The number of aliphatic hydroxyl groups excluding tert-OH is 1. The third-order valence-corrected chi connectivity index (χ3v) is 9.86. The number of benzene rings is 2. The maximum atomic E-state index is 13.9. The SMILES string of the molecule is CC(=O)N(C)c1nc2ccc(S(=O)(=O)N(CC(C)C)C[C@@H](O)[C@H](Cc3ccccc3)NC(=O)OC3CCOC3)cc2s1. The average molecular weight is 619 g/mol. The highest BCUT2D eigenvalue weighted by molar-refractivity contribution is 7.89. The van der Waals surface area contributed by atoms with Gasteiger partial charge in [-0.2, -0.15) is 4.31 Å². The number of fused-ring (bicyclic) bond motifs is 1. The van der Waals surface area contributed by atoms with Gasteiger partial charge in [0.1, 0.15) is 6.10 Å². The zero-order chi connectivity index (χ0) is 30.4. The number of thiazole rings is 1. The van der Waals surface area contributed by atoms with E-state index in [-0.39, 0.29) is 42.3 Å². The number of ether oxygens (including phenoxy) is 2. The molecule has 0 bridgehead atoms. The number of rotatable bonds is 12. The van der Waals surface area contributed by atoms with Gasteiger partial charge in [-0.1, -0.05) is 55.5 Å². The average Bonchev–Trinajstić information content (AvgIpc) is 3.61. The number of carbonyl (C=O) groups is 2. The quantitative estimate of drug-likeness (QED) is 0.315. The summed E-state index contributed by atoms with van der Waals surface area (Å²) in [6.07, 6.45) is -1.43. The van der Waals surface area contributed by atoms with E-state index in [4.69, 9.17) is 9.47 Å². The number of anilines is 1. The molecule has 1 unspecified atom stereocenters. The van der Waals surface area contributed by atoms with Gasteiger partial charge < -0.3 is 19.9 Å². The minimum absolute atomic E-state index is 0.0391. The van der Waals surface area contributed by atoms with Crippen LogP contribution in [0.2, 0.25) is 0 Å². The van der Waals surface area contributed by atoms with Crippen LogP contribution in [0, 0.1) is 5.92 Å². The van der Waals surface area contributed by atoms with Crippen LogP contribution in [-0.4, -0.2) is 86.4 Å². The molecule has 3 atom stereocenters. The third-order valence-electron chi connectivity index (χ3n) is 6.93. The Morgan fingerprint density at radius 2 is 1.93 bits per heavy atom. The fourth-order valence-corrected chi connectivity index (χ4v) is 7.32. The molecule has 2 aromatic carbocycles. The number of aromatic nitrogens is 1. The van der Waals surface area contributed by atoms with Gasteiger partial charge in [0, 0.05) is 33.5 Å². The van der Waals surface area contributed by atoms with Crippen LogP contribution in [0.1, 0.15) is 32.8 Å². The van der Waals surface area contributed by atoms with Crippen LogP contribution < -0.4 is 10.2 Å². The Kier molecular flexibility index (Phi) is 10.5. The first kappa shape index (κ1) is 31.8. The molecule has 3 aromatic rings. The number of aliphatic hydroxyl groups is 1. The van der Waals surface area contributed by atoms with Crippen molar-refractivity contribution in [3.63, 3.8) is 0 Å². The van der Waals surface area contributed by atoms with E-state index in [1.54, 1.807) is 19.2 Å². The summed E-state index contributed by atoms with van der Waals surface area (Å²) < 4.78 is 40.5. The van der Waals surface area contributed by atoms with E-state index in [1.807, 2.05) is 44.2 Å². The molecule has 2 amide bonds. The molecule has 228 valence electrons. The van der Waals surface area contributed by atoms with Gasteiger partial charge in [-0.25, -0.2) is 18.2 Å². The number of carbonyl (C=O) groups excluding carboxylic acids is 2. The van der Waals surface area contributed by atoms with Crippen molar-refractivity contribution in [2.24, 2.45) is 5.92 Å². The summed E-state index contributed by atoms with van der Waals surface area (Å²) in [7, 11) is -2.44. The summed E-state index contributed by atoms with van der Waals surface area (Å²) >= 11 is 1.22. The molecule has 1 aliphatic heterocycles. The molecular weight excluding hydrogens is 580 g/mol. The van der Waals surface area contributed by atoms with Crippen molar-refractivity contribution in [2.75, 3.05) is 38.3 Å². The Bertz CT molecular complexity index is 1470. The first-order valence-electron chi connectivity index (χ1n) is 13.9. The van der Waals surface area contributed by atoms with Crippen LogP contribution in [0.3, 0.4) is 0 Å². The Morgan fingerprint density at radius 3 is 2.57 bits per heavy atom. The molecule has 1 aromatic heterocycles. The van der Waals surface area contributed by atoms with Gasteiger partial charge in [0.15, 0.2) is 5.13 Å². The first-order valence-corrected chi connectivity index (χ1v) is 16.1. The van der Waals surface area contributed by atoms with Crippen molar-refractivity contribution in [3.05, 3.63) is 54.1 Å². The summed E-state index contributed by atoms with van der Waals surface area (Å²) in [4.78, 5) is 30.4. The van der Waals surface area contributed by atoms with Gasteiger partial charge in [0.2, 0.25) is 15.9 Å². The number of nitrogens with one attached hydrogen (secondary N) is 1. The van der Waals surface area contributed by atoms with Crippen LogP contribution in [0.4, 0.5) is 9.93 Å². The Hall–Kier alpha value is -3.10. The maximum Gasteiger partial charge on any atom is 0.407 e. The summed E-state index contributed by atoms with van der Waals surface area (Å²) in [6.45, 7) is 5.95. The highest BCUT2D eigenvalue weighted by Crippen LogP contribution is 2.31. The molecule has 2 N–H and O–H groups in total. The zero-order valence-electron chi connectivity index (χ0n) is 24.2. The van der Waals surface area contributed by atoms with E-state index in [0.29, 0.717) is 35.0 Å². The lowest BCUT2D eigenvalue weighted by atomic mass is 10.0. The van der Waals surface area contributed by atoms with Gasteiger partial charge in [-0.3, -0.25) is 9.69 Å². The van der Waals surface area contributed by atoms with Crippen LogP contribution in [0.25, 0.3) is 10.2 Å². The molecule has 4 rings (SSSR count). The molecule has 11 nitrogen and oxygen atoms in total. The van der Waals surface area contributed by atoms with E-state index < -0.39 is 28.3 Å². The second kappa shape index (κ2) is 13.9. The van der Waals surface area contributed by atoms with E-state index >= 15 is 0 Å². The highest BCUT2D eigenvalue weighted by atomic mass is 32.2. The molecule has 0 aliphatic carbocycles. The number of nitrogens with zero attached hydrogens (tertiary/aromatic N) is 3. The highest BCUT2D eigenvalue weighted by Gasteiger charge is 2.32. The summed E-state index contributed by atoms with van der Waals surface area (Å²) in [5.74, 6) is -0.221. The van der Waals surface area contributed by atoms with Crippen LogP contribution in [0.15, 0.2) is 53.4 Å². The summed E-state index contributed by atoms with van der Waals surface area (Å²) in [5.41, 5.74) is 1.45. The lowest BCUT2D eigenvalue weighted by molar-refractivity contribution is -0.116. The van der Waals surface area contributed by atoms with E-state index in [0.717, 1.165) is 5.56 Å². The number of hydrogen-bond acceptors (Lipinski definition) is 9. The Morgan fingerprint density at radius 1 is 1.19 bits per heavy atom. The second-order valence-corrected chi connectivity index (χ2v) is 13.8. The smallest absolute Gasteiger partial charge is 0.407 e. The van der Waals surface area contributed by atoms with E-state index in [1.165, 1.54) is 33.5 Å². The number of amides is 2. The number of hydrogen-bond donors (Lipinski definition) is 2. The fourth-order valence-electron chi connectivity index (χ4n) is 4.59. The zero-order valence-corrected chi connectivity index (χ0v) is 25.9. The maximum absolute atomic E-state index is 13.9. The van der Waals surface area contributed by atoms with Gasteiger partial charge in [-0.15, -0.1) is 0 Å². The second-order valence-electron chi connectivity index (χ2n) is 10.8. The summed E-state index contributed by atoms with van der Waals surface area (Å²) in [5, 5.41) is 14.6. The lowest BCUT2D eigenvalue weighted by Gasteiger charge is -2.30. The summed E-state index contributed by atoms with van der Waals surface area (Å²) in [6, 6.07) is 13.2. The lowest BCUT2D eigenvalue weighted by Crippen LogP contribution is -2.51. The molecule has 1 aliphatic rings. The molecule has 42 heavy (non-hydrogen) atoms. The molecule has 0 spiro atoms. The normalized spacial score (nSPS) is 17.0. The predicted molar refractivity (Wildman–Crippen MR) is 161 cm³/mol. The van der Waals surface area contributed by atoms with Crippen LogP contribution in [-0.2, 0) is 30.7 Å². The van der Waals surface area contributed by atoms with Crippen molar-refractivity contribution in [1.29, 1.82) is 0 Å². The van der Waals surface area contributed by atoms with Crippen molar-refractivity contribution in [2.45, 2.75) is 56.8 Å². The largest absolute Gasteiger partial charge is 0.444 e. The first-order chi connectivity index (χ1) is 19.9. The predicted octanol–water partition coefficient (Wildman–Crippen LogP) is 3.41. The molecule has 1 fully saturated rings. The molecule has 0 radical (unpaired) electrons. The Balaban J connectivity index is 1.58. The van der Waals surface area contributed by atoms with Crippen LogP contribution in [0.5, 0.6) is 0 Å². The van der Waals surface area contributed by atoms with Gasteiger partial charge in [0.05, 0.1) is 40.5 Å². The van der Waals surface area contributed by atoms with E-state index in [2.05, 4.69) is 10.3 Å². The number of alkyl carbamates (subject to hydrolysis) is 1. The molecule has 0 saturated carbocycles. The topological polar surface area (TPSA) is 138 Å². The van der Waals surface area contributed by atoms with Crippen molar-refractivity contribution in [1.82, 2.24) is 14.6 Å². The Labute approximate surface area is 250 Å². The minimum Gasteiger partial charge on any atom is -0.444 e. The number of sulfonamides is 1. The third kappa shape index (κ3) is 8.04. The van der Waals surface area contributed by atoms with Crippen molar-refractivity contribution >= 4 is 48.7 Å².